The average molecular weight is 796 g/mol. The predicted octanol–water partition coefficient (Wildman–Crippen LogP) is 7.39. The van der Waals surface area contributed by atoms with Crippen LogP contribution in [0.2, 0.25) is 0 Å². The largest absolute Gasteiger partial charge is 0.506 e. The number of rotatable bonds is 8. The highest BCUT2D eigenvalue weighted by atomic mass is 127. The Morgan fingerprint density at radius 3 is 2.46 bits per heavy atom. The van der Waals surface area contributed by atoms with Crippen molar-refractivity contribution in [3.63, 3.8) is 0 Å². The van der Waals surface area contributed by atoms with E-state index in [1.807, 2.05) is 18.2 Å². The molecule has 0 radical (unpaired) electrons. The van der Waals surface area contributed by atoms with E-state index in [0.29, 0.717) is 27.3 Å². The zero-order chi connectivity index (χ0) is 29.7. The average Bonchev–Trinajstić information content (AvgIpc) is 3.22. The number of benzene rings is 3. The molecule has 3 aromatic carbocycles. The molecule has 1 N–H and O–H groups in total. The van der Waals surface area contributed by atoms with E-state index in [9.17, 15) is 24.8 Å². The van der Waals surface area contributed by atoms with Crippen LogP contribution in [0.5, 0.6) is 5.75 Å². The van der Waals surface area contributed by atoms with Gasteiger partial charge in [-0.2, -0.15) is 0 Å². The van der Waals surface area contributed by atoms with Crippen molar-refractivity contribution in [3.8, 4) is 5.75 Å². The lowest BCUT2D eigenvalue weighted by Gasteiger charge is -2.12. The number of aliphatic imine (C=N–C) groups is 1. The van der Waals surface area contributed by atoms with Gasteiger partial charge < -0.3 is 14.6 Å². The van der Waals surface area contributed by atoms with Crippen LogP contribution in [0.15, 0.2) is 81.9 Å². The first-order valence-corrected chi connectivity index (χ1v) is 15.1. The van der Waals surface area contributed by atoms with Crippen molar-refractivity contribution in [2.75, 3.05) is 6.61 Å². The summed E-state index contributed by atoms with van der Waals surface area (Å²) in [6, 6.07) is 16.9. The lowest BCUT2D eigenvalue weighted by molar-refractivity contribution is -0.384. The van der Waals surface area contributed by atoms with Crippen molar-refractivity contribution < 1.29 is 29.1 Å². The first-order valence-electron chi connectivity index (χ1n) is 12.1. The molecule has 0 saturated heterocycles. The van der Waals surface area contributed by atoms with Crippen LogP contribution in [-0.2, 0) is 16.1 Å². The van der Waals surface area contributed by atoms with Crippen LogP contribution >= 0.6 is 56.9 Å². The topological polar surface area (TPSA) is 128 Å². The summed E-state index contributed by atoms with van der Waals surface area (Å²) in [7, 11) is 0. The third kappa shape index (κ3) is 7.35. The molecule has 1 heterocycles. The van der Waals surface area contributed by atoms with Crippen molar-refractivity contribution >= 4 is 85.6 Å². The first-order chi connectivity index (χ1) is 19.6. The summed E-state index contributed by atoms with van der Waals surface area (Å²) in [5.41, 5.74) is 2.34. The van der Waals surface area contributed by atoms with E-state index < -0.39 is 16.8 Å². The van der Waals surface area contributed by atoms with E-state index >= 15 is 0 Å². The van der Waals surface area contributed by atoms with E-state index in [4.69, 9.17) is 9.47 Å². The minimum Gasteiger partial charge on any atom is -0.506 e. The number of aryl methyl sites for hydroxylation is 1. The van der Waals surface area contributed by atoms with Crippen LogP contribution in [0.25, 0.3) is 6.08 Å². The Morgan fingerprint density at radius 1 is 1.10 bits per heavy atom. The Bertz CT molecular complexity index is 1630. The monoisotopic (exact) mass is 796 g/mol. The quantitative estimate of drug-likeness (QED) is 0.108. The summed E-state index contributed by atoms with van der Waals surface area (Å²) >= 11 is 5.26. The molecule has 0 bridgehead atoms. The van der Waals surface area contributed by atoms with Gasteiger partial charge in [0.15, 0.2) is 0 Å². The molecule has 1 amide bonds. The summed E-state index contributed by atoms with van der Waals surface area (Å²) < 4.78 is 12.7. The van der Waals surface area contributed by atoms with Crippen molar-refractivity contribution in [1.29, 1.82) is 0 Å². The number of hydrogen-bond acceptors (Lipinski definition) is 8. The number of nitro benzene ring substituents is 1. The van der Waals surface area contributed by atoms with E-state index in [2.05, 4.69) is 50.2 Å². The normalized spacial score (nSPS) is 14.9. The fourth-order valence-corrected chi connectivity index (χ4v) is 6.96. The first kappa shape index (κ1) is 30.7. The number of aliphatic hydroxyl groups is 1. The van der Waals surface area contributed by atoms with Gasteiger partial charge in [0.2, 0.25) is 0 Å². The van der Waals surface area contributed by atoms with Crippen molar-refractivity contribution in [3.05, 3.63) is 116 Å². The Kier molecular flexibility index (Phi) is 10.2. The molecular formula is C29H22I2N2O7S. The second-order valence-corrected chi connectivity index (χ2v) is 12.0. The van der Waals surface area contributed by atoms with E-state index in [1.165, 1.54) is 12.1 Å². The maximum absolute atomic E-state index is 12.9. The molecule has 12 heteroatoms. The molecule has 0 unspecified atom stereocenters. The fourth-order valence-electron chi connectivity index (χ4n) is 3.82. The van der Waals surface area contributed by atoms with Crippen molar-refractivity contribution in [2.24, 2.45) is 4.99 Å². The summed E-state index contributed by atoms with van der Waals surface area (Å²) in [6.07, 6.45) is 1.69. The SMILES string of the molecule is CCOC(=O)C1=C(O)/C(=C/c2cc(I)c(OCc3cccc([N+](=O)[O-])c3)c(I)c2)SC1=NC(=O)c1ccccc1C. The van der Waals surface area contributed by atoms with Gasteiger partial charge in [-0.25, -0.2) is 9.79 Å². The van der Waals surface area contributed by atoms with Crippen LogP contribution in [0.1, 0.15) is 34.0 Å². The third-order valence-electron chi connectivity index (χ3n) is 5.77. The molecule has 0 saturated carbocycles. The van der Waals surface area contributed by atoms with Gasteiger partial charge in [0.05, 0.1) is 23.6 Å². The second-order valence-electron chi connectivity index (χ2n) is 8.62. The van der Waals surface area contributed by atoms with Gasteiger partial charge in [-0.15, -0.1) is 0 Å². The number of halogens is 2. The third-order valence-corrected chi connectivity index (χ3v) is 8.39. The maximum Gasteiger partial charge on any atom is 0.344 e. The Hall–Kier alpha value is -3.24. The van der Waals surface area contributed by atoms with Gasteiger partial charge in [-0.05, 0) is 100.0 Å². The number of aliphatic hydroxyl groups excluding tert-OH is 1. The number of ether oxygens (including phenoxy) is 2. The summed E-state index contributed by atoms with van der Waals surface area (Å²) in [5, 5.41) is 22.1. The highest BCUT2D eigenvalue weighted by Gasteiger charge is 2.34. The molecule has 0 aliphatic carbocycles. The lowest BCUT2D eigenvalue weighted by atomic mass is 10.1. The van der Waals surface area contributed by atoms with Gasteiger partial charge >= 0.3 is 5.97 Å². The Morgan fingerprint density at radius 2 is 1.80 bits per heavy atom. The molecule has 0 atom stereocenters. The second kappa shape index (κ2) is 13.6. The molecule has 41 heavy (non-hydrogen) atoms. The number of carbonyl (C=O) groups is 2. The molecule has 3 aromatic rings. The molecule has 9 nitrogen and oxygen atoms in total. The minimum atomic E-state index is -0.772. The van der Waals surface area contributed by atoms with Gasteiger partial charge in [0.25, 0.3) is 11.6 Å². The Labute approximate surface area is 267 Å². The summed E-state index contributed by atoms with van der Waals surface area (Å²) in [4.78, 5) is 40.8. The molecule has 1 aliphatic heterocycles. The number of non-ortho nitro benzene ring substituents is 1. The summed E-state index contributed by atoms with van der Waals surface area (Å²) in [6.45, 7) is 3.67. The van der Waals surface area contributed by atoms with Gasteiger partial charge in [-0.3, -0.25) is 14.9 Å². The van der Waals surface area contributed by atoms with Gasteiger partial charge in [0.1, 0.15) is 28.7 Å². The standard InChI is InChI=1S/C29H22I2N2O7S/c1-3-39-29(36)24-25(34)23(41-28(24)32-27(35)20-10-5-4-7-16(20)2)14-18-12-21(30)26(22(31)13-18)40-15-17-8-6-9-19(11-17)33(37)38/h4-14,34H,3,15H2,1-2H3/b23-14-,32-28?. The molecule has 4 rings (SSSR count). The highest BCUT2D eigenvalue weighted by Crippen LogP contribution is 2.40. The Balaban J connectivity index is 1.62. The smallest absolute Gasteiger partial charge is 0.344 e. The fraction of sp³-hybridized carbons (Fsp3) is 0.138. The zero-order valence-electron chi connectivity index (χ0n) is 21.7. The number of amides is 1. The molecule has 0 fully saturated rings. The van der Waals surface area contributed by atoms with Gasteiger partial charge in [0, 0.05) is 17.7 Å². The predicted molar refractivity (Wildman–Crippen MR) is 174 cm³/mol. The minimum absolute atomic E-state index is 0.00917. The van der Waals surface area contributed by atoms with E-state index in [-0.39, 0.29) is 35.3 Å². The zero-order valence-corrected chi connectivity index (χ0v) is 26.9. The van der Waals surface area contributed by atoms with E-state index in [1.54, 1.807) is 50.3 Å². The number of nitrogens with zero attached hydrogens (tertiary/aromatic N) is 2. The van der Waals surface area contributed by atoms with Crippen LogP contribution in [-0.4, -0.2) is 33.6 Å². The van der Waals surface area contributed by atoms with Crippen molar-refractivity contribution in [1.82, 2.24) is 0 Å². The van der Waals surface area contributed by atoms with Crippen LogP contribution in [0, 0.1) is 24.2 Å². The molecule has 0 spiro atoms. The lowest BCUT2D eigenvalue weighted by Crippen LogP contribution is -2.14. The number of esters is 1. The van der Waals surface area contributed by atoms with Crippen LogP contribution in [0.3, 0.4) is 0 Å². The molecule has 210 valence electrons. The van der Waals surface area contributed by atoms with Crippen molar-refractivity contribution in [2.45, 2.75) is 20.5 Å². The van der Waals surface area contributed by atoms with E-state index in [0.717, 1.165) is 24.5 Å². The molecule has 0 aromatic heterocycles. The summed E-state index contributed by atoms with van der Waals surface area (Å²) in [5.74, 6) is -1.01. The molecule has 1 aliphatic rings. The van der Waals surface area contributed by atoms with Gasteiger partial charge in [-0.1, -0.05) is 42.1 Å². The highest BCUT2D eigenvalue weighted by molar-refractivity contribution is 14.1. The molecular weight excluding hydrogens is 774 g/mol. The number of carbonyl (C=O) groups excluding carboxylic acids is 2. The number of nitro groups is 1. The van der Waals surface area contributed by atoms with Crippen LogP contribution < -0.4 is 4.74 Å². The maximum atomic E-state index is 12.9. The number of thioether (sulfide) groups is 1. The van der Waals surface area contributed by atoms with Crippen LogP contribution in [0.4, 0.5) is 5.69 Å². The number of hydrogen-bond donors (Lipinski definition) is 1.